The zero-order chi connectivity index (χ0) is 26.3. The first-order valence-electron chi connectivity index (χ1n) is 12.1. The van der Waals surface area contributed by atoms with E-state index in [1.54, 1.807) is 24.3 Å². The van der Waals surface area contributed by atoms with Gasteiger partial charge in [0.25, 0.3) is 17.5 Å². The van der Waals surface area contributed by atoms with E-state index < -0.39 is 10.8 Å². The van der Waals surface area contributed by atoms with Crippen LogP contribution in [0.2, 0.25) is 0 Å². The summed E-state index contributed by atoms with van der Waals surface area (Å²) in [5.41, 5.74) is 0.645. The highest BCUT2D eigenvalue weighted by Gasteiger charge is 2.49. The largest absolute Gasteiger partial charge is 0.374 e. The van der Waals surface area contributed by atoms with Gasteiger partial charge in [0.05, 0.1) is 16.1 Å². The summed E-state index contributed by atoms with van der Waals surface area (Å²) in [5, 5.41) is 21.4. The SMILES string of the molecule is CNC(=O)c1cc(Br)cc([N+](=O)[O-])c1N[C@@H]1CCC2(CC2)C[C@@H]1NC(=O)c1cc(=O)[nH]c2ccccc12. The topological polar surface area (TPSA) is 146 Å². The Labute approximate surface area is 220 Å². The number of halogens is 1. The third-order valence-corrected chi connectivity index (χ3v) is 7.93. The minimum absolute atomic E-state index is 0.116. The monoisotopic (exact) mass is 567 g/mol. The van der Waals surface area contributed by atoms with E-state index in [1.807, 2.05) is 0 Å². The molecule has 0 unspecified atom stereocenters. The first-order chi connectivity index (χ1) is 17.7. The fraction of sp³-hybridized carbons (Fsp3) is 0.346. The van der Waals surface area contributed by atoms with Crippen LogP contribution < -0.4 is 21.5 Å². The van der Waals surface area contributed by atoms with Crippen LogP contribution in [0.3, 0.4) is 0 Å². The van der Waals surface area contributed by atoms with E-state index in [-0.39, 0.29) is 51.5 Å². The molecular formula is C26H26BrN5O5. The van der Waals surface area contributed by atoms with Gasteiger partial charge in [-0.15, -0.1) is 0 Å². The van der Waals surface area contributed by atoms with Crippen molar-refractivity contribution in [1.29, 1.82) is 0 Å². The average Bonchev–Trinajstić information content (AvgIpc) is 3.63. The number of nitrogens with zero attached hydrogens (tertiary/aromatic N) is 1. The van der Waals surface area contributed by atoms with E-state index >= 15 is 0 Å². The lowest BCUT2D eigenvalue weighted by atomic mass is 9.79. The number of rotatable bonds is 6. The van der Waals surface area contributed by atoms with Crippen LogP contribution in [-0.2, 0) is 0 Å². The number of nitrogens with one attached hydrogen (secondary N) is 4. The molecule has 1 spiro atoms. The molecular weight excluding hydrogens is 542 g/mol. The number of H-pyrrole nitrogens is 1. The number of aromatic amines is 1. The number of pyridine rings is 1. The first-order valence-corrected chi connectivity index (χ1v) is 12.9. The number of carbonyl (C=O) groups is 2. The molecule has 5 rings (SSSR count). The molecule has 192 valence electrons. The summed E-state index contributed by atoms with van der Waals surface area (Å²) >= 11 is 3.26. The highest BCUT2D eigenvalue weighted by atomic mass is 79.9. The number of anilines is 1. The zero-order valence-corrected chi connectivity index (χ0v) is 21.7. The van der Waals surface area contributed by atoms with Gasteiger partial charge in [0.1, 0.15) is 5.69 Å². The van der Waals surface area contributed by atoms with E-state index in [1.165, 1.54) is 25.2 Å². The Morgan fingerprint density at radius 2 is 1.84 bits per heavy atom. The third-order valence-electron chi connectivity index (χ3n) is 7.47. The molecule has 0 bridgehead atoms. The lowest BCUT2D eigenvalue weighted by Gasteiger charge is -2.38. The smallest absolute Gasteiger partial charge is 0.294 e. The van der Waals surface area contributed by atoms with Gasteiger partial charge in [-0.25, -0.2) is 0 Å². The fourth-order valence-electron chi connectivity index (χ4n) is 5.35. The molecule has 2 aromatic carbocycles. The fourth-order valence-corrected chi connectivity index (χ4v) is 5.80. The Morgan fingerprint density at radius 1 is 1.08 bits per heavy atom. The van der Waals surface area contributed by atoms with Gasteiger partial charge in [0.2, 0.25) is 5.56 Å². The van der Waals surface area contributed by atoms with Crippen molar-refractivity contribution >= 4 is 50.0 Å². The van der Waals surface area contributed by atoms with Crippen LogP contribution in [0.5, 0.6) is 0 Å². The third kappa shape index (κ3) is 4.95. The summed E-state index contributed by atoms with van der Waals surface area (Å²) in [4.78, 5) is 52.4. The number of fused-ring (bicyclic) bond motifs is 1. The highest BCUT2D eigenvalue weighted by molar-refractivity contribution is 9.10. The van der Waals surface area contributed by atoms with Crippen LogP contribution in [0.4, 0.5) is 11.4 Å². The van der Waals surface area contributed by atoms with Crippen LogP contribution in [0.15, 0.2) is 51.7 Å². The number of carbonyl (C=O) groups excluding carboxylic acids is 2. The average molecular weight is 568 g/mol. The molecule has 2 aliphatic carbocycles. The van der Waals surface area contributed by atoms with Crippen molar-refractivity contribution < 1.29 is 14.5 Å². The maximum Gasteiger partial charge on any atom is 0.294 e. The Balaban J connectivity index is 1.49. The van der Waals surface area contributed by atoms with E-state index in [4.69, 9.17) is 0 Å². The highest BCUT2D eigenvalue weighted by Crippen LogP contribution is 2.56. The minimum atomic E-state index is -0.527. The van der Waals surface area contributed by atoms with Crippen molar-refractivity contribution in [3.63, 3.8) is 0 Å². The molecule has 37 heavy (non-hydrogen) atoms. The van der Waals surface area contributed by atoms with Gasteiger partial charge in [-0.3, -0.25) is 24.5 Å². The lowest BCUT2D eigenvalue weighted by Crippen LogP contribution is -2.51. The molecule has 2 atom stereocenters. The molecule has 11 heteroatoms. The molecule has 0 saturated heterocycles. The summed E-state index contributed by atoms with van der Waals surface area (Å²) in [5.74, 6) is -0.842. The van der Waals surface area contributed by atoms with Gasteiger partial charge in [-0.1, -0.05) is 34.1 Å². The van der Waals surface area contributed by atoms with Gasteiger partial charge in [0, 0.05) is 46.6 Å². The second-order valence-electron chi connectivity index (χ2n) is 9.85. The second-order valence-corrected chi connectivity index (χ2v) is 10.8. The number of hydrogen-bond acceptors (Lipinski definition) is 6. The van der Waals surface area contributed by atoms with Crippen molar-refractivity contribution in [2.45, 2.75) is 44.2 Å². The van der Waals surface area contributed by atoms with Crippen molar-refractivity contribution in [3.05, 3.63) is 78.5 Å². The van der Waals surface area contributed by atoms with E-state index in [0.717, 1.165) is 19.3 Å². The molecule has 2 aliphatic rings. The number of aromatic nitrogens is 1. The molecule has 0 radical (unpaired) electrons. The van der Waals surface area contributed by atoms with Crippen LogP contribution in [0, 0.1) is 15.5 Å². The summed E-state index contributed by atoms with van der Waals surface area (Å²) in [6.07, 6.45) is 4.44. The van der Waals surface area contributed by atoms with Crippen molar-refractivity contribution in [2.75, 3.05) is 12.4 Å². The lowest BCUT2D eigenvalue weighted by molar-refractivity contribution is -0.384. The summed E-state index contributed by atoms with van der Waals surface area (Å²) in [7, 11) is 1.46. The Kier molecular flexibility index (Phi) is 6.49. The van der Waals surface area contributed by atoms with Crippen molar-refractivity contribution in [2.24, 2.45) is 5.41 Å². The number of para-hydroxylation sites is 1. The second kappa shape index (κ2) is 9.62. The first kappa shape index (κ1) is 24.9. The maximum absolute atomic E-state index is 13.5. The van der Waals surface area contributed by atoms with Gasteiger partial charge in [0.15, 0.2) is 0 Å². The summed E-state index contributed by atoms with van der Waals surface area (Å²) in [6, 6.07) is 10.6. The molecule has 1 heterocycles. The molecule has 2 fully saturated rings. The van der Waals surface area contributed by atoms with Crippen molar-refractivity contribution in [3.8, 4) is 0 Å². The quantitative estimate of drug-likeness (QED) is 0.260. The zero-order valence-electron chi connectivity index (χ0n) is 20.1. The van der Waals surface area contributed by atoms with E-state index in [2.05, 4.69) is 36.9 Å². The number of amides is 2. The van der Waals surface area contributed by atoms with Crippen LogP contribution in [-0.4, -0.2) is 40.9 Å². The van der Waals surface area contributed by atoms with Crippen LogP contribution >= 0.6 is 15.9 Å². The van der Waals surface area contributed by atoms with E-state index in [9.17, 15) is 24.5 Å². The molecule has 10 nitrogen and oxygen atoms in total. The summed E-state index contributed by atoms with van der Waals surface area (Å²) < 4.78 is 0.412. The normalized spacial score (nSPS) is 19.8. The number of nitro groups is 1. The van der Waals surface area contributed by atoms with Crippen LogP contribution in [0.25, 0.3) is 10.9 Å². The Morgan fingerprint density at radius 3 is 2.54 bits per heavy atom. The number of nitro benzene ring substituents is 1. The number of hydrogen-bond donors (Lipinski definition) is 4. The van der Waals surface area contributed by atoms with Crippen molar-refractivity contribution in [1.82, 2.24) is 15.6 Å². The molecule has 1 aromatic heterocycles. The maximum atomic E-state index is 13.5. The van der Waals surface area contributed by atoms with Crippen LogP contribution in [0.1, 0.15) is 52.8 Å². The standard InChI is InChI=1S/C26H26BrN5O5/c1-28-24(34)17-10-14(27)11-21(32(36)37)23(17)30-19-6-7-26(8-9-26)13-20(19)31-25(35)16-12-22(33)29-18-5-3-2-4-15(16)18/h2-5,10-12,19-20,30H,6-9,13H2,1H3,(H,28,34)(H,29,33)(H,31,35)/t19-,20+/m1/s1. The van der Waals surface area contributed by atoms with Gasteiger partial charge in [-0.05, 0) is 49.7 Å². The molecule has 2 amide bonds. The molecule has 3 aromatic rings. The molecule has 4 N–H and O–H groups in total. The molecule has 2 saturated carbocycles. The Hall–Kier alpha value is -3.73. The minimum Gasteiger partial charge on any atom is -0.374 e. The predicted octanol–water partition coefficient (Wildman–Crippen LogP) is 4.10. The number of benzene rings is 2. The molecule has 0 aliphatic heterocycles. The van der Waals surface area contributed by atoms with Gasteiger partial charge >= 0.3 is 0 Å². The Bertz CT molecular complexity index is 1480. The summed E-state index contributed by atoms with van der Waals surface area (Å²) in [6.45, 7) is 0. The van der Waals surface area contributed by atoms with Gasteiger partial charge in [-0.2, -0.15) is 0 Å². The van der Waals surface area contributed by atoms with Gasteiger partial charge < -0.3 is 20.9 Å². The predicted molar refractivity (Wildman–Crippen MR) is 143 cm³/mol. The van der Waals surface area contributed by atoms with E-state index in [0.29, 0.717) is 28.2 Å².